The van der Waals surface area contributed by atoms with Crippen LogP contribution in [0.25, 0.3) is 5.57 Å². The zero-order valence-electron chi connectivity index (χ0n) is 16.5. The third kappa shape index (κ3) is 5.28. The molecule has 0 saturated heterocycles. The second-order valence-electron chi connectivity index (χ2n) is 7.12. The fourth-order valence-electron chi connectivity index (χ4n) is 2.67. The first-order chi connectivity index (χ1) is 13.2. The van der Waals surface area contributed by atoms with Crippen LogP contribution in [0.15, 0.2) is 48.7 Å². The Morgan fingerprint density at radius 2 is 1.75 bits per heavy atom. The maximum atomic E-state index is 13.8. The van der Waals surface area contributed by atoms with Gasteiger partial charge in [-0.15, -0.1) is 0 Å². The van der Waals surface area contributed by atoms with Crippen LogP contribution in [-0.4, -0.2) is 47.9 Å². The average molecular weight is 387 g/mol. The summed E-state index contributed by atoms with van der Waals surface area (Å²) in [6.45, 7) is 4.61. The molecule has 7 heteroatoms. The Bertz CT molecular complexity index is 789. The molecule has 3 amide bonds. The number of hydrogen-bond donors (Lipinski definition) is 2. The normalized spacial score (nSPS) is 18.9. The molecule has 0 radical (unpaired) electrons. The fourth-order valence-corrected chi connectivity index (χ4v) is 2.67. The topological polar surface area (TPSA) is 78.5 Å². The molecule has 0 aliphatic carbocycles. The van der Waals surface area contributed by atoms with Gasteiger partial charge in [-0.2, -0.15) is 0 Å². The lowest BCUT2D eigenvalue weighted by Gasteiger charge is -2.21. The smallest absolute Gasteiger partial charge is 0.255 e. The van der Waals surface area contributed by atoms with Crippen molar-refractivity contribution in [3.05, 3.63) is 54.2 Å². The summed E-state index contributed by atoms with van der Waals surface area (Å²) in [5.74, 6) is -2.22. The molecule has 0 fully saturated rings. The van der Waals surface area contributed by atoms with E-state index < -0.39 is 36.0 Å². The maximum absolute atomic E-state index is 13.8. The van der Waals surface area contributed by atoms with E-state index in [-0.39, 0.29) is 5.91 Å². The van der Waals surface area contributed by atoms with Crippen molar-refractivity contribution in [1.29, 1.82) is 0 Å². The molecule has 3 atom stereocenters. The first kappa shape index (κ1) is 21.3. The van der Waals surface area contributed by atoms with Crippen LogP contribution in [-0.2, 0) is 14.4 Å². The summed E-state index contributed by atoms with van der Waals surface area (Å²) in [5.41, 5.74) is 1.76. The summed E-state index contributed by atoms with van der Waals surface area (Å²) in [4.78, 5) is 38.2. The van der Waals surface area contributed by atoms with Crippen LogP contribution in [0.5, 0.6) is 0 Å². The number of nitrogens with one attached hydrogen (secondary N) is 2. The molecule has 2 N–H and O–H groups in total. The molecule has 0 spiro atoms. The summed E-state index contributed by atoms with van der Waals surface area (Å²) in [6, 6.07) is 7.69. The van der Waals surface area contributed by atoms with E-state index >= 15 is 0 Å². The number of hydrogen-bond acceptors (Lipinski definition) is 3. The van der Waals surface area contributed by atoms with E-state index in [2.05, 4.69) is 10.6 Å². The number of likely N-dealkylation sites (N-methyl/N-ethyl adjacent to an activating group) is 1. The van der Waals surface area contributed by atoms with E-state index in [0.29, 0.717) is 0 Å². The van der Waals surface area contributed by atoms with Crippen LogP contribution in [0, 0.1) is 5.92 Å². The number of alkyl halides is 1. The Balaban J connectivity index is 2.06. The second kappa shape index (κ2) is 9.30. The monoisotopic (exact) mass is 387 g/mol. The highest BCUT2D eigenvalue weighted by Crippen LogP contribution is 2.19. The third-order valence-electron chi connectivity index (χ3n) is 4.41. The van der Waals surface area contributed by atoms with Gasteiger partial charge in [0.15, 0.2) is 6.17 Å². The Hall–Kier alpha value is -2.96. The SMILES string of the molecule is CC(C)[C@H](F)C(=O)N[C@@H](C)C(=O)NC1C=CC(c2ccccc2)=CN(C)C1=O. The summed E-state index contributed by atoms with van der Waals surface area (Å²) < 4.78 is 13.8. The number of nitrogens with zero attached hydrogens (tertiary/aromatic N) is 1. The highest BCUT2D eigenvalue weighted by molar-refractivity contribution is 5.95. The number of benzene rings is 1. The lowest BCUT2D eigenvalue weighted by atomic mass is 10.1. The van der Waals surface area contributed by atoms with Crippen molar-refractivity contribution in [2.45, 2.75) is 39.0 Å². The molecular formula is C21H26FN3O3. The Labute approximate surface area is 164 Å². The zero-order valence-corrected chi connectivity index (χ0v) is 16.5. The van der Waals surface area contributed by atoms with Gasteiger partial charge in [-0.3, -0.25) is 14.4 Å². The minimum absolute atomic E-state index is 0.320. The number of amides is 3. The molecule has 1 heterocycles. The summed E-state index contributed by atoms with van der Waals surface area (Å²) in [6.07, 6.45) is 3.37. The number of allylic oxidation sites excluding steroid dienone is 2. The molecule has 0 bridgehead atoms. The van der Waals surface area contributed by atoms with Crippen molar-refractivity contribution >= 4 is 23.3 Å². The van der Waals surface area contributed by atoms with Gasteiger partial charge in [0, 0.05) is 13.2 Å². The average Bonchev–Trinajstić information content (AvgIpc) is 2.81. The van der Waals surface area contributed by atoms with Crippen LogP contribution in [0.1, 0.15) is 26.3 Å². The molecule has 1 aliphatic heterocycles. The van der Waals surface area contributed by atoms with Crippen molar-refractivity contribution in [3.8, 4) is 0 Å². The summed E-state index contributed by atoms with van der Waals surface area (Å²) in [7, 11) is 1.61. The Morgan fingerprint density at radius 3 is 2.36 bits per heavy atom. The molecule has 28 heavy (non-hydrogen) atoms. The van der Waals surface area contributed by atoms with Crippen molar-refractivity contribution in [1.82, 2.24) is 15.5 Å². The van der Waals surface area contributed by atoms with E-state index in [9.17, 15) is 18.8 Å². The van der Waals surface area contributed by atoms with Gasteiger partial charge in [-0.1, -0.05) is 56.3 Å². The first-order valence-electron chi connectivity index (χ1n) is 9.17. The highest BCUT2D eigenvalue weighted by atomic mass is 19.1. The minimum atomic E-state index is -1.70. The molecule has 1 aromatic carbocycles. The predicted octanol–water partition coefficient (Wildman–Crippen LogP) is 2.04. The molecule has 150 valence electrons. The largest absolute Gasteiger partial charge is 0.342 e. The number of carbonyl (C=O) groups excluding carboxylic acids is 3. The summed E-state index contributed by atoms with van der Waals surface area (Å²) >= 11 is 0. The Kier molecular flexibility index (Phi) is 7.09. The highest BCUT2D eigenvalue weighted by Gasteiger charge is 2.28. The van der Waals surface area contributed by atoms with Crippen molar-refractivity contribution < 1.29 is 18.8 Å². The van der Waals surface area contributed by atoms with Crippen LogP contribution in [0.2, 0.25) is 0 Å². The van der Waals surface area contributed by atoms with Crippen molar-refractivity contribution in [2.75, 3.05) is 7.05 Å². The molecule has 0 aromatic heterocycles. The third-order valence-corrected chi connectivity index (χ3v) is 4.41. The fraction of sp³-hybridized carbons (Fsp3) is 0.381. The molecule has 1 unspecified atom stereocenters. The number of halogens is 1. The predicted molar refractivity (Wildman–Crippen MR) is 106 cm³/mol. The van der Waals surface area contributed by atoms with E-state index in [0.717, 1.165) is 11.1 Å². The second-order valence-corrected chi connectivity index (χ2v) is 7.12. The van der Waals surface area contributed by atoms with Crippen LogP contribution < -0.4 is 10.6 Å². The molecule has 2 rings (SSSR count). The molecule has 0 saturated carbocycles. The lowest BCUT2D eigenvalue weighted by molar-refractivity contribution is -0.134. The summed E-state index contributed by atoms with van der Waals surface area (Å²) in [5, 5.41) is 4.94. The quantitative estimate of drug-likeness (QED) is 0.784. The van der Waals surface area contributed by atoms with Gasteiger partial charge in [-0.25, -0.2) is 4.39 Å². The Morgan fingerprint density at radius 1 is 1.11 bits per heavy atom. The van der Waals surface area contributed by atoms with E-state index in [1.54, 1.807) is 39.2 Å². The van der Waals surface area contributed by atoms with Gasteiger partial charge < -0.3 is 15.5 Å². The van der Waals surface area contributed by atoms with Gasteiger partial charge in [0.2, 0.25) is 5.91 Å². The zero-order chi connectivity index (χ0) is 20.8. The van der Waals surface area contributed by atoms with Crippen molar-refractivity contribution in [2.24, 2.45) is 5.92 Å². The van der Waals surface area contributed by atoms with Crippen LogP contribution >= 0.6 is 0 Å². The van der Waals surface area contributed by atoms with Crippen molar-refractivity contribution in [3.63, 3.8) is 0 Å². The van der Waals surface area contributed by atoms with Gasteiger partial charge in [0.1, 0.15) is 12.1 Å². The van der Waals surface area contributed by atoms with Crippen LogP contribution in [0.3, 0.4) is 0 Å². The number of carbonyl (C=O) groups is 3. The standard InChI is InChI=1S/C21H26FN3O3/c1-13(2)18(22)20(27)23-14(3)19(26)24-17-11-10-16(12-25(4)21(17)28)15-8-6-5-7-9-15/h5-14,17-18H,1-4H3,(H,23,27)(H,24,26)/t14-,17?,18-/m0/s1. The van der Waals surface area contributed by atoms with Gasteiger partial charge >= 0.3 is 0 Å². The van der Waals surface area contributed by atoms with Gasteiger partial charge in [0.25, 0.3) is 11.8 Å². The molecule has 1 aliphatic rings. The molecule has 6 nitrogen and oxygen atoms in total. The van der Waals surface area contributed by atoms with E-state index in [1.165, 1.54) is 11.8 Å². The van der Waals surface area contributed by atoms with Gasteiger partial charge in [-0.05, 0) is 24.0 Å². The van der Waals surface area contributed by atoms with Crippen LogP contribution in [0.4, 0.5) is 4.39 Å². The lowest BCUT2D eigenvalue weighted by Crippen LogP contribution is -2.52. The first-order valence-corrected chi connectivity index (χ1v) is 9.17. The maximum Gasteiger partial charge on any atom is 0.255 e. The van der Waals surface area contributed by atoms with Gasteiger partial charge in [0.05, 0.1) is 0 Å². The molecule has 1 aromatic rings. The minimum Gasteiger partial charge on any atom is -0.342 e. The van der Waals surface area contributed by atoms with E-state index in [4.69, 9.17) is 0 Å². The number of rotatable bonds is 6. The van der Waals surface area contributed by atoms with E-state index in [1.807, 2.05) is 30.3 Å². The molecular weight excluding hydrogens is 361 g/mol.